The van der Waals surface area contributed by atoms with Gasteiger partial charge in [-0.1, -0.05) is 17.7 Å². The molecule has 106 valence electrons. The molecule has 0 bridgehead atoms. The molecule has 0 saturated carbocycles. The number of pyridine rings is 1. The minimum absolute atomic E-state index is 0.0508. The number of nitrogens with one attached hydrogen (secondary N) is 1. The first-order chi connectivity index (χ1) is 9.69. The largest absolute Gasteiger partial charge is 0.475 e. The van der Waals surface area contributed by atoms with E-state index in [1.165, 1.54) is 12.1 Å². The quantitative estimate of drug-likeness (QED) is 0.861. The van der Waals surface area contributed by atoms with E-state index in [0.29, 0.717) is 17.4 Å². The zero-order valence-electron chi connectivity index (χ0n) is 10.6. The molecule has 0 amide bonds. The Morgan fingerprint density at radius 3 is 2.80 bits per heavy atom. The Kier molecular flexibility index (Phi) is 5.15. The Bertz CT molecular complexity index is 564. The maximum atomic E-state index is 12.9. The Labute approximate surface area is 121 Å². The molecule has 0 saturated heterocycles. The van der Waals surface area contributed by atoms with Crippen LogP contribution in [-0.2, 0) is 6.54 Å². The Hall–Kier alpha value is -1.85. The monoisotopic (exact) mass is 296 g/mol. The second-order valence-electron chi connectivity index (χ2n) is 4.05. The molecule has 20 heavy (non-hydrogen) atoms. The van der Waals surface area contributed by atoms with Crippen LogP contribution in [0, 0.1) is 5.82 Å². The minimum atomic E-state index is -0.356. The highest BCUT2D eigenvalue weighted by atomic mass is 35.5. The van der Waals surface area contributed by atoms with Crippen molar-refractivity contribution < 1.29 is 14.2 Å². The van der Waals surface area contributed by atoms with E-state index in [0.717, 1.165) is 11.3 Å². The van der Waals surface area contributed by atoms with E-state index in [2.05, 4.69) is 10.3 Å². The van der Waals surface area contributed by atoms with Crippen LogP contribution in [0.15, 0.2) is 36.5 Å². The molecule has 2 rings (SSSR count). The molecule has 0 spiro atoms. The number of hydrogen-bond acceptors (Lipinski definition) is 4. The smallest absolute Gasteiger partial charge is 0.213 e. The molecule has 0 aliphatic carbocycles. The molecule has 1 aromatic carbocycles. The summed E-state index contributed by atoms with van der Waals surface area (Å²) in [5.41, 5.74) is 1.59. The summed E-state index contributed by atoms with van der Waals surface area (Å²) in [6.45, 7) is 0.632. The molecule has 0 fully saturated rings. The fourth-order valence-electron chi connectivity index (χ4n) is 1.58. The van der Waals surface area contributed by atoms with Gasteiger partial charge < -0.3 is 15.2 Å². The van der Waals surface area contributed by atoms with E-state index in [1.807, 2.05) is 0 Å². The average Bonchev–Trinajstić information content (AvgIpc) is 2.45. The Morgan fingerprint density at radius 2 is 2.15 bits per heavy atom. The summed E-state index contributed by atoms with van der Waals surface area (Å²) >= 11 is 5.94. The van der Waals surface area contributed by atoms with Crippen LogP contribution >= 0.6 is 11.6 Å². The predicted octanol–water partition coefficient (Wildman–Crippen LogP) is 2.86. The van der Waals surface area contributed by atoms with Crippen molar-refractivity contribution >= 4 is 17.3 Å². The molecule has 0 aliphatic rings. The number of benzene rings is 1. The number of nitrogens with zero attached hydrogens (tertiary/aromatic N) is 1. The third-order valence-corrected chi connectivity index (χ3v) is 2.93. The topological polar surface area (TPSA) is 54.4 Å². The van der Waals surface area contributed by atoms with Crippen molar-refractivity contribution in [3.63, 3.8) is 0 Å². The Balaban J connectivity index is 1.93. The van der Waals surface area contributed by atoms with Gasteiger partial charge in [-0.2, -0.15) is 0 Å². The van der Waals surface area contributed by atoms with E-state index >= 15 is 0 Å². The van der Waals surface area contributed by atoms with Crippen LogP contribution in [-0.4, -0.2) is 23.3 Å². The van der Waals surface area contributed by atoms with Gasteiger partial charge in [0, 0.05) is 17.6 Å². The van der Waals surface area contributed by atoms with Crippen LogP contribution in [0.25, 0.3) is 0 Å². The molecule has 0 atom stereocenters. The lowest BCUT2D eigenvalue weighted by molar-refractivity contribution is 0.196. The van der Waals surface area contributed by atoms with E-state index in [1.54, 1.807) is 24.4 Å². The molecular weight excluding hydrogens is 283 g/mol. The van der Waals surface area contributed by atoms with Crippen molar-refractivity contribution in [1.29, 1.82) is 0 Å². The third-order valence-electron chi connectivity index (χ3n) is 2.58. The number of halogens is 2. The number of aromatic nitrogens is 1. The number of ether oxygens (including phenoxy) is 1. The summed E-state index contributed by atoms with van der Waals surface area (Å²) in [4.78, 5) is 4.08. The van der Waals surface area contributed by atoms with Gasteiger partial charge in [0.05, 0.1) is 18.5 Å². The second kappa shape index (κ2) is 7.07. The van der Waals surface area contributed by atoms with E-state index in [9.17, 15) is 4.39 Å². The standard InChI is InChI=1S/C14H14ClFN2O2/c15-13-7-11(16)2-1-10(13)8-17-12-3-4-14(18-9-12)20-6-5-19/h1-4,7,9,17,19H,5-6,8H2. The highest BCUT2D eigenvalue weighted by Crippen LogP contribution is 2.19. The van der Waals surface area contributed by atoms with Gasteiger partial charge in [-0.3, -0.25) is 0 Å². The lowest BCUT2D eigenvalue weighted by Gasteiger charge is -2.09. The SMILES string of the molecule is OCCOc1ccc(NCc2ccc(F)cc2Cl)cn1. The van der Waals surface area contributed by atoms with Crippen molar-refractivity contribution in [3.8, 4) is 5.88 Å². The van der Waals surface area contributed by atoms with Gasteiger partial charge in [0.25, 0.3) is 0 Å². The molecule has 4 nitrogen and oxygen atoms in total. The first kappa shape index (κ1) is 14.6. The summed E-state index contributed by atoms with van der Waals surface area (Å²) in [5, 5.41) is 12.1. The highest BCUT2D eigenvalue weighted by molar-refractivity contribution is 6.31. The molecule has 2 aromatic rings. The number of aliphatic hydroxyl groups excluding tert-OH is 1. The lowest BCUT2D eigenvalue weighted by atomic mass is 10.2. The molecule has 1 aromatic heterocycles. The molecule has 0 unspecified atom stereocenters. The first-order valence-electron chi connectivity index (χ1n) is 6.06. The average molecular weight is 297 g/mol. The number of rotatable bonds is 6. The van der Waals surface area contributed by atoms with Crippen molar-refractivity contribution in [2.75, 3.05) is 18.5 Å². The summed E-state index contributed by atoms with van der Waals surface area (Å²) in [6.07, 6.45) is 1.62. The zero-order valence-corrected chi connectivity index (χ0v) is 11.4. The van der Waals surface area contributed by atoms with Crippen molar-refractivity contribution in [3.05, 3.63) is 52.9 Å². The third kappa shape index (κ3) is 4.08. The molecule has 0 aliphatic heterocycles. The normalized spacial score (nSPS) is 10.3. The maximum absolute atomic E-state index is 12.9. The van der Waals surface area contributed by atoms with Crippen molar-refractivity contribution in [1.82, 2.24) is 4.98 Å². The minimum Gasteiger partial charge on any atom is -0.475 e. The summed E-state index contributed by atoms with van der Waals surface area (Å²) in [5.74, 6) is 0.0928. The van der Waals surface area contributed by atoms with Gasteiger partial charge in [0.15, 0.2) is 0 Å². The van der Waals surface area contributed by atoms with Crippen LogP contribution in [0.3, 0.4) is 0 Å². The molecule has 2 N–H and O–H groups in total. The summed E-state index contributed by atoms with van der Waals surface area (Å²) in [6, 6.07) is 7.79. The predicted molar refractivity (Wildman–Crippen MR) is 75.6 cm³/mol. The fraction of sp³-hybridized carbons (Fsp3) is 0.214. The van der Waals surface area contributed by atoms with Crippen molar-refractivity contribution in [2.24, 2.45) is 0 Å². The van der Waals surface area contributed by atoms with Crippen molar-refractivity contribution in [2.45, 2.75) is 6.54 Å². The molecular formula is C14H14ClFN2O2. The first-order valence-corrected chi connectivity index (χ1v) is 6.44. The number of hydrogen-bond donors (Lipinski definition) is 2. The molecule has 0 radical (unpaired) electrons. The van der Waals surface area contributed by atoms with Gasteiger partial charge in [-0.05, 0) is 23.8 Å². The van der Waals surface area contributed by atoms with Crippen LogP contribution in [0.1, 0.15) is 5.56 Å². The zero-order chi connectivity index (χ0) is 14.4. The molecule has 6 heteroatoms. The Morgan fingerprint density at radius 1 is 1.30 bits per heavy atom. The van der Waals surface area contributed by atoms with Crippen LogP contribution < -0.4 is 10.1 Å². The van der Waals surface area contributed by atoms with Crippen LogP contribution in [0.5, 0.6) is 5.88 Å². The van der Waals surface area contributed by atoms with Gasteiger partial charge in [0.2, 0.25) is 5.88 Å². The summed E-state index contributed by atoms with van der Waals surface area (Å²) < 4.78 is 18.1. The summed E-state index contributed by atoms with van der Waals surface area (Å²) in [7, 11) is 0. The number of anilines is 1. The maximum Gasteiger partial charge on any atom is 0.213 e. The van der Waals surface area contributed by atoms with E-state index < -0.39 is 0 Å². The van der Waals surface area contributed by atoms with E-state index in [-0.39, 0.29) is 19.0 Å². The van der Waals surface area contributed by atoms with Gasteiger partial charge in [-0.25, -0.2) is 9.37 Å². The molecule has 1 heterocycles. The van der Waals surface area contributed by atoms with Gasteiger partial charge in [-0.15, -0.1) is 0 Å². The highest BCUT2D eigenvalue weighted by Gasteiger charge is 2.02. The number of aliphatic hydroxyl groups is 1. The van der Waals surface area contributed by atoms with Gasteiger partial charge in [0.1, 0.15) is 12.4 Å². The van der Waals surface area contributed by atoms with E-state index in [4.69, 9.17) is 21.4 Å². The lowest BCUT2D eigenvalue weighted by Crippen LogP contribution is -2.04. The fourth-order valence-corrected chi connectivity index (χ4v) is 1.82. The van der Waals surface area contributed by atoms with Crippen LogP contribution in [0.4, 0.5) is 10.1 Å². The second-order valence-corrected chi connectivity index (χ2v) is 4.45. The van der Waals surface area contributed by atoms with Crippen LogP contribution in [0.2, 0.25) is 5.02 Å². The van der Waals surface area contributed by atoms with Gasteiger partial charge >= 0.3 is 0 Å².